The lowest BCUT2D eigenvalue weighted by Crippen LogP contribution is -2.43. The molecule has 1 unspecified atom stereocenters. The van der Waals surface area contributed by atoms with E-state index in [1.54, 1.807) is 0 Å². The number of nitrogens with one attached hydrogen (secondary N) is 2. The van der Waals surface area contributed by atoms with Crippen molar-refractivity contribution in [1.82, 2.24) is 5.32 Å². The predicted octanol–water partition coefficient (Wildman–Crippen LogP) is 3.18. The van der Waals surface area contributed by atoms with Crippen LogP contribution in [0.1, 0.15) is 27.7 Å². The first-order chi connectivity index (χ1) is 9.36. The molecule has 0 radical (unpaired) electrons. The number of anilines is 1. The Bertz CT molecular complexity index is 497. The molecule has 1 aliphatic rings. The van der Waals surface area contributed by atoms with Crippen LogP contribution >= 0.6 is 12.2 Å². The van der Waals surface area contributed by atoms with Crippen molar-refractivity contribution in [3.05, 3.63) is 18.2 Å². The highest BCUT2D eigenvalue weighted by atomic mass is 32.1. The zero-order chi connectivity index (χ0) is 14.8. The van der Waals surface area contributed by atoms with Gasteiger partial charge in [0.05, 0.1) is 0 Å². The van der Waals surface area contributed by atoms with E-state index in [-0.39, 0.29) is 11.5 Å². The van der Waals surface area contributed by atoms with Gasteiger partial charge in [-0.15, -0.1) is 0 Å². The summed E-state index contributed by atoms with van der Waals surface area (Å²) < 4.78 is 11.0. The fraction of sp³-hybridized carbons (Fsp3) is 0.533. The van der Waals surface area contributed by atoms with Gasteiger partial charge < -0.3 is 20.1 Å². The average Bonchev–Trinajstić information content (AvgIpc) is 2.37. The van der Waals surface area contributed by atoms with Crippen LogP contribution in [0.4, 0.5) is 5.69 Å². The number of thiocarbonyl (C=S) groups is 1. The summed E-state index contributed by atoms with van der Waals surface area (Å²) in [6.45, 7) is 9.84. The minimum absolute atomic E-state index is 0.151. The number of hydrogen-bond acceptors (Lipinski definition) is 3. The summed E-state index contributed by atoms with van der Waals surface area (Å²) >= 11 is 5.34. The van der Waals surface area contributed by atoms with Gasteiger partial charge in [-0.1, -0.05) is 20.8 Å². The molecule has 1 aromatic carbocycles. The third kappa shape index (κ3) is 3.76. The summed E-state index contributed by atoms with van der Waals surface area (Å²) in [6, 6.07) is 6.01. The lowest BCUT2D eigenvalue weighted by Gasteiger charge is -2.29. The molecular formula is C15H22N2O2S. The molecule has 0 amide bonds. The number of benzene rings is 1. The molecule has 0 aromatic heterocycles. The molecule has 2 rings (SSSR count). The van der Waals surface area contributed by atoms with E-state index in [1.165, 1.54) is 0 Å². The molecule has 0 saturated heterocycles. The Labute approximate surface area is 125 Å². The Hall–Kier alpha value is -1.49. The third-order valence-electron chi connectivity index (χ3n) is 3.45. The SMILES string of the molecule is CC(NC(=S)Nc1ccc2c(c1)OCCO2)C(C)(C)C. The molecule has 1 aliphatic heterocycles. The zero-order valence-corrected chi connectivity index (χ0v) is 13.3. The van der Waals surface area contributed by atoms with E-state index in [0.717, 1.165) is 17.2 Å². The summed E-state index contributed by atoms with van der Waals surface area (Å²) in [5.41, 5.74) is 1.05. The standard InChI is InChI=1S/C15H22N2O2S/c1-10(15(2,3)4)16-14(20)17-11-5-6-12-13(9-11)19-8-7-18-12/h5-6,9-10H,7-8H2,1-4H3,(H2,16,17,20). The van der Waals surface area contributed by atoms with Gasteiger partial charge in [0.2, 0.25) is 0 Å². The minimum atomic E-state index is 0.151. The van der Waals surface area contributed by atoms with Crippen molar-refractivity contribution in [2.24, 2.45) is 5.41 Å². The fourth-order valence-electron chi connectivity index (χ4n) is 1.70. The van der Waals surface area contributed by atoms with Gasteiger partial charge in [0.25, 0.3) is 0 Å². The Morgan fingerprint density at radius 3 is 2.50 bits per heavy atom. The predicted molar refractivity (Wildman–Crippen MR) is 85.7 cm³/mol. The number of hydrogen-bond donors (Lipinski definition) is 2. The highest BCUT2D eigenvalue weighted by molar-refractivity contribution is 7.80. The lowest BCUT2D eigenvalue weighted by atomic mass is 9.88. The Balaban J connectivity index is 1.98. The fourth-order valence-corrected chi connectivity index (χ4v) is 2.00. The van der Waals surface area contributed by atoms with E-state index < -0.39 is 0 Å². The number of ether oxygens (including phenoxy) is 2. The Morgan fingerprint density at radius 1 is 1.20 bits per heavy atom. The topological polar surface area (TPSA) is 42.5 Å². The van der Waals surface area contributed by atoms with Gasteiger partial charge in [-0.05, 0) is 36.7 Å². The molecule has 1 aromatic rings. The maximum absolute atomic E-state index is 5.55. The van der Waals surface area contributed by atoms with Gasteiger partial charge in [0, 0.05) is 17.8 Å². The van der Waals surface area contributed by atoms with Gasteiger partial charge in [0.15, 0.2) is 16.6 Å². The monoisotopic (exact) mass is 294 g/mol. The summed E-state index contributed by atoms with van der Waals surface area (Å²) in [5.74, 6) is 1.54. The molecule has 0 bridgehead atoms. The molecule has 0 saturated carbocycles. The van der Waals surface area contributed by atoms with Gasteiger partial charge in [-0.3, -0.25) is 0 Å². The smallest absolute Gasteiger partial charge is 0.171 e. The van der Waals surface area contributed by atoms with Crippen LogP contribution in [-0.2, 0) is 0 Å². The van der Waals surface area contributed by atoms with Crippen molar-refractivity contribution >= 4 is 23.0 Å². The third-order valence-corrected chi connectivity index (χ3v) is 3.67. The highest BCUT2D eigenvalue weighted by Crippen LogP contribution is 2.32. The molecule has 20 heavy (non-hydrogen) atoms. The second-order valence-electron chi connectivity index (χ2n) is 6.04. The van der Waals surface area contributed by atoms with Crippen LogP contribution in [0.2, 0.25) is 0 Å². The van der Waals surface area contributed by atoms with Gasteiger partial charge >= 0.3 is 0 Å². The second kappa shape index (κ2) is 5.87. The molecule has 4 nitrogen and oxygen atoms in total. The number of fused-ring (bicyclic) bond motifs is 1. The van der Waals surface area contributed by atoms with Crippen molar-refractivity contribution in [2.45, 2.75) is 33.7 Å². The maximum Gasteiger partial charge on any atom is 0.171 e. The molecule has 0 spiro atoms. The van der Waals surface area contributed by atoms with Crippen LogP contribution in [0, 0.1) is 5.41 Å². The van der Waals surface area contributed by atoms with Crippen LogP contribution in [0.15, 0.2) is 18.2 Å². The van der Waals surface area contributed by atoms with Crippen LogP contribution in [0.5, 0.6) is 11.5 Å². The van der Waals surface area contributed by atoms with Crippen molar-refractivity contribution in [2.75, 3.05) is 18.5 Å². The normalized spacial score (nSPS) is 15.4. The molecule has 0 aliphatic carbocycles. The summed E-state index contributed by atoms with van der Waals surface area (Å²) in [4.78, 5) is 0. The Kier molecular flexibility index (Phi) is 4.38. The molecule has 0 fully saturated rings. The van der Waals surface area contributed by atoms with E-state index in [0.29, 0.717) is 18.3 Å². The average molecular weight is 294 g/mol. The lowest BCUT2D eigenvalue weighted by molar-refractivity contribution is 0.171. The molecule has 110 valence electrons. The molecule has 1 atom stereocenters. The van der Waals surface area contributed by atoms with Gasteiger partial charge in [0.1, 0.15) is 13.2 Å². The molecule has 5 heteroatoms. The van der Waals surface area contributed by atoms with Crippen LogP contribution in [0.3, 0.4) is 0 Å². The number of rotatable bonds is 2. The highest BCUT2D eigenvalue weighted by Gasteiger charge is 2.20. The van der Waals surface area contributed by atoms with Crippen LogP contribution in [-0.4, -0.2) is 24.4 Å². The van der Waals surface area contributed by atoms with Crippen molar-refractivity contribution in [3.8, 4) is 11.5 Å². The summed E-state index contributed by atoms with van der Waals surface area (Å²) in [7, 11) is 0. The van der Waals surface area contributed by atoms with Crippen LogP contribution < -0.4 is 20.1 Å². The zero-order valence-electron chi connectivity index (χ0n) is 12.4. The van der Waals surface area contributed by atoms with Crippen molar-refractivity contribution < 1.29 is 9.47 Å². The van der Waals surface area contributed by atoms with E-state index in [2.05, 4.69) is 38.3 Å². The summed E-state index contributed by atoms with van der Waals surface area (Å²) in [5, 5.41) is 7.09. The Morgan fingerprint density at radius 2 is 1.85 bits per heavy atom. The maximum atomic E-state index is 5.55. The van der Waals surface area contributed by atoms with E-state index >= 15 is 0 Å². The summed E-state index contributed by atoms with van der Waals surface area (Å²) in [6.07, 6.45) is 0. The van der Waals surface area contributed by atoms with E-state index in [9.17, 15) is 0 Å². The molecule has 2 N–H and O–H groups in total. The van der Waals surface area contributed by atoms with Gasteiger partial charge in [-0.25, -0.2) is 0 Å². The minimum Gasteiger partial charge on any atom is -0.486 e. The van der Waals surface area contributed by atoms with E-state index in [1.807, 2.05) is 18.2 Å². The van der Waals surface area contributed by atoms with E-state index in [4.69, 9.17) is 21.7 Å². The first-order valence-electron chi connectivity index (χ1n) is 6.83. The first-order valence-corrected chi connectivity index (χ1v) is 7.24. The largest absolute Gasteiger partial charge is 0.486 e. The van der Waals surface area contributed by atoms with Crippen LogP contribution in [0.25, 0.3) is 0 Å². The molecular weight excluding hydrogens is 272 g/mol. The molecule has 1 heterocycles. The first kappa shape index (κ1) is 14.9. The quantitative estimate of drug-likeness (QED) is 0.820. The second-order valence-corrected chi connectivity index (χ2v) is 6.45. The van der Waals surface area contributed by atoms with Crippen molar-refractivity contribution in [3.63, 3.8) is 0 Å². The van der Waals surface area contributed by atoms with Crippen molar-refractivity contribution in [1.29, 1.82) is 0 Å². The van der Waals surface area contributed by atoms with Gasteiger partial charge in [-0.2, -0.15) is 0 Å².